The molecular formula is C19H18Cl2N2O3. The molecule has 1 aliphatic rings. The standard InChI is InChI=1S/C19H18Cl2N2O3/c20-16-6-2-4-14(18(16)21)7-8-17(24)22-15-5-1-3-13(11-15)12-23-9-10-26-19(23)25/h1-6,11H,7-10,12H2,(H,22,24). The number of carbonyl (C=O) groups excluding carboxylic acids is 2. The van der Waals surface area contributed by atoms with Crippen LogP contribution < -0.4 is 5.32 Å². The summed E-state index contributed by atoms with van der Waals surface area (Å²) in [5, 5.41) is 3.84. The minimum absolute atomic E-state index is 0.112. The van der Waals surface area contributed by atoms with Crippen LogP contribution in [0.2, 0.25) is 10.0 Å². The summed E-state index contributed by atoms with van der Waals surface area (Å²) in [5.74, 6) is -0.112. The number of hydrogen-bond acceptors (Lipinski definition) is 3. The number of hydrogen-bond donors (Lipinski definition) is 1. The SMILES string of the molecule is O=C(CCc1cccc(Cl)c1Cl)Nc1cccc(CN2CCOC2=O)c1. The molecule has 1 heterocycles. The molecule has 0 spiro atoms. The van der Waals surface area contributed by atoms with Gasteiger partial charge in [-0.15, -0.1) is 0 Å². The Morgan fingerprint density at radius 3 is 2.77 bits per heavy atom. The van der Waals surface area contributed by atoms with Crippen LogP contribution in [-0.4, -0.2) is 30.1 Å². The van der Waals surface area contributed by atoms with Gasteiger partial charge in [-0.1, -0.05) is 47.5 Å². The van der Waals surface area contributed by atoms with Crippen LogP contribution >= 0.6 is 23.2 Å². The van der Waals surface area contributed by atoms with Gasteiger partial charge in [-0.3, -0.25) is 4.79 Å². The van der Waals surface area contributed by atoms with Gasteiger partial charge in [0.2, 0.25) is 5.91 Å². The van der Waals surface area contributed by atoms with Gasteiger partial charge in [0.15, 0.2) is 0 Å². The van der Waals surface area contributed by atoms with Crippen LogP contribution in [0.3, 0.4) is 0 Å². The van der Waals surface area contributed by atoms with Crippen molar-refractivity contribution in [1.29, 1.82) is 0 Å². The second-order valence-corrected chi connectivity index (χ2v) is 6.78. The number of halogens is 2. The number of ether oxygens (including phenoxy) is 1. The summed E-state index contributed by atoms with van der Waals surface area (Å²) in [7, 11) is 0. The lowest BCUT2D eigenvalue weighted by Crippen LogP contribution is -2.23. The summed E-state index contributed by atoms with van der Waals surface area (Å²) < 4.78 is 4.92. The maximum Gasteiger partial charge on any atom is 0.410 e. The minimum atomic E-state index is -0.308. The van der Waals surface area contributed by atoms with Crippen molar-refractivity contribution in [3.8, 4) is 0 Å². The van der Waals surface area contributed by atoms with Gasteiger partial charge in [-0.2, -0.15) is 0 Å². The van der Waals surface area contributed by atoms with E-state index in [1.165, 1.54) is 0 Å². The molecule has 26 heavy (non-hydrogen) atoms. The van der Waals surface area contributed by atoms with Crippen LogP contribution in [0.5, 0.6) is 0 Å². The van der Waals surface area contributed by atoms with E-state index >= 15 is 0 Å². The predicted octanol–water partition coefficient (Wildman–Crippen LogP) is 4.52. The van der Waals surface area contributed by atoms with Gasteiger partial charge in [0.25, 0.3) is 0 Å². The van der Waals surface area contributed by atoms with E-state index in [1.54, 1.807) is 11.0 Å². The number of carbonyl (C=O) groups is 2. The minimum Gasteiger partial charge on any atom is -0.448 e. The largest absolute Gasteiger partial charge is 0.448 e. The zero-order chi connectivity index (χ0) is 18.5. The maximum atomic E-state index is 12.2. The van der Waals surface area contributed by atoms with E-state index in [9.17, 15) is 9.59 Å². The van der Waals surface area contributed by atoms with Crippen molar-refractivity contribution in [2.75, 3.05) is 18.5 Å². The molecule has 0 saturated carbocycles. The van der Waals surface area contributed by atoms with Gasteiger partial charge in [0.1, 0.15) is 6.61 Å². The molecule has 1 fully saturated rings. The molecular weight excluding hydrogens is 375 g/mol. The smallest absolute Gasteiger partial charge is 0.410 e. The van der Waals surface area contributed by atoms with Crippen molar-refractivity contribution >= 4 is 40.9 Å². The maximum absolute atomic E-state index is 12.2. The molecule has 2 aromatic carbocycles. The van der Waals surface area contributed by atoms with Crippen LogP contribution in [0.4, 0.5) is 10.5 Å². The first-order chi connectivity index (χ1) is 12.5. The fraction of sp³-hybridized carbons (Fsp3) is 0.263. The quantitative estimate of drug-likeness (QED) is 0.785. The Hall–Kier alpha value is -2.24. The van der Waals surface area contributed by atoms with Crippen LogP contribution in [0.15, 0.2) is 42.5 Å². The van der Waals surface area contributed by atoms with Gasteiger partial charge in [0.05, 0.1) is 16.6 Å². The molecule has 7 heteroatoms. The normalized spacial score (nSPS) is 13.6. The molecule has 0 unspecified atom stereocenters. The number of nitrogens with one attached hydrogen (secondary N) is 1. The first-order valence-electron chi connectivity index (χ1n) is 8.26. The molecule has 1 N–H and O–H groups in total. The lowest BCUT2D eigenvalue weighted by Gasteiger charge is -2.13. The number of aryl methyl sites for hydroxylation is 1. The van der Waals surface area contributed by atoms with E-state index in [-0.39, 0.29) is 12.0 Å². The van der Waals surface area contributed by atoms with E-state index in [0.29, 0.717) is 48.3 Å². The monoisotopic (exact) mass is 392 g/mol. The zero-order valence-corrected chi connectivity index (χ0v) is 15.5. The van der Waals surface area contributed by atoms with Gasteiger partial charge < -0.3 is 15.0 Å². The van der Waals surface area contributed by atoms with Crippen molar-refractivity contribution in [3.63, 3.8) is 0 Å². The van der Waals surface area contributed by atoms with E-state index in [0.717, 1.165) is 11.1 Å². The van der Waals surface area contributed by atoms with Crippen LogP contribution in [-0.2, 0) is 22.5 Å². The Balaban J connectivity index is 1.56. The van der Waals surface area contributed by atoms with E-state index < -0.39 is 0 Å². The fourth-order valence-electron chi connectivity index (χ4n) is 2.75. The predicted molar refractivity (Wildman–Crippen MR) is 102 cm³/mol. The number of benzene rings is 2. The van der Waals surface area contributed by atoms with E-state index in [1.807, 2.05) is 36.4 Å². The lowest BCUT2D eigenvalue weighted by atomic mass is 10.1. The van der Waals surface area contributed by atoms with Crippen molar-refractivity contribution < 1.29 is 14.3 Å². The molecule has 0 radical (unpaired) electrons. The fourth-order valence-corrected chi connectivity index (χ4v) is 3.16. The molecule has 3 rings (SSSR count). The molecule has 1 aliphatic heterocycles. The number of cyclic esters (lactones) is 1. The summed E-state index contributed by atoms with van der Waals surface area (Å²) in [6.45, 7) is 1.46. The molecule has 0 aliphatic carbocycles. The van der Waals surface area contributed by atoms with Crippen molar-refractivity contribution in [1.82, 2.24) is 4.90 Å². The molecule has 1 saturated heterocycles. The topological polar surface area (TPSA) is 58.6 Å². The molecule has 2 amide bonds. The number of nitrogens with zero attached hydrogens (tertiary/aromatic N) is 1. The van der Waals surface area contributed by atoms with Gasteiger partial charge in [-0.25, -0.2) is 4.79 Å². The zero-order valence-electron chi connectivity index (χ0n) is 14.0. The highest BCUT2D eigenvalue weighted by Crippen LogP contribution is 2.26. The average molecular weight is 393 g/mol. The highest BCUT2D eigenvalue weighted by molar-refractivity contribution is 6.42. The third kappa shape index (κ3) is 4.68. The number of rotatable bonds is 6. The molecule has 2 aromatic rings. The van der Waals surface area contributed by atoms with E-state index in [4.69, 9.17) is 27.9 Å². The third-order valence-corrected chi connectivity index (χ3v) is 4.94. The highest BCUT2D eigenvalue weighted by Gasteiger charge is 2.21. The molecule has 0 aromatic heterocycles. The molecule has 0 atom stereocenters. The lowest BCUT2D eigenvalue weighted by molar-refractivity contribution is -0.116. The second kappa shape index (κ2) is 8.43. The Labute approximate surface area is 161 Å². The molecule has 0 bridgehead atoms. The summed E-state index contributed by atoms with van der Waals surface area (Å²) in [6.07, 6.45) is 0.491. The van der Waals surface area contributed by atoms with E-state index in [2.05, 4.69) is 5.32 Å². The van der Waals surface area contributed by atoms with Gasteiger partial charge in [0, 0.05) is 18.7 Å². The Kier molecular flexibility index (Phi) is 6.01. The van der Waals surface area contributed by atoms with Crippen LogP contribution in [0.25, 0.3) is 0 Å². The number of anilines is 1. The Bertz CT molecular complexity index is 826. The van der Waals surface area contributed by atoms with Crippen molar-refractivity contribution in [3.05, 3.63) is 63.6 Å². The van der Waals surface area contributed by atoms with Gasteiger partial charge >= 0.3 is 6.09 Å². The van der Waals surface area contributed by atoms with Crippen LogP contribution in [0.1, 0.15) is 17.5 Å². The number of amides is 2. The van der Waals surface area contributed by atoms with Crippen molar-refractivity contribution in [2.24, 2.45) is 0 Å². The first kappa shape index (κ1) is 18.5. The second-order valence-electron chi connectivity index (χ2n) is 6.00. The molecule has 5 nitrogen and oxygen atoms in total. The first-order valence-corrected chi connectivity index (χ1v) is 9.02. The van der Waals surface area contributed by atoms with Crippen molar-refractivity contribution in [2.45, 2.75) is 19.4 Å². The Morgan fingerprint density at radius 1 is 1.19 bits per heavy atom. The van der Waals surface area contributed by atoms with Crippen LogP contribution in [0, 0.1) is 0 Å². The summed E-state index contributed by atoms with van der Waals surface area (Å²) in [6, 6.07) is 12.8. The molecule has 136 valence electrons. The third-order valence-electron chi connectivity index (χ3n) is 4.08. The summed E-state index contributed by atoms with van der Waals surface area (Å²) >= 11 is 12.1. The van der Waals surface area contributed by atoms with Gasteiger partial charge in [-0.05, 0) is 35.7 Å². The summed E-state index contributed by atoms with van der Waals surface area (Å²) in [5.41, 5.74) is 2.47. The summed E-state index contributed by atoms with van der Waals surface area (Å²) in [4.78, 5) is 25.4. The average Bonchev–Trinajstić information content (AvgIpc) is 3.01. The highest BCUT2D eigenvalue weighted by atomic mass is 35.5. The Morgan fingerprint density at radius 2 is 2.00 bits per heavy atom.